The van der Waals surface area contributed by atoms with Crippen LogP contribution in [0.3, 0.4) is 0 Å². The number of anilines is 3. The molecule has 118 valence electrons. The van der Waals surface area contributed by atoms with E-state index in [9.17, 15) is 9.59 Å². The first-order chi connectivity index (χ1) is 11.2. The third-order valence-corrected chi connectivity index (χ3v) is 3.61. The highest BCUT2D eigenvalue weighted by Crippen LogP contribution is 2.29. The predicted molar refractivity (Wildman–Crippen MR) is 88.9 cm³/mol. The Morgan fingerprint density at radius 2 is 1.96 bits per heavy atom. The monoisotopic (exact) mass is 311 g/mol. The van der Waals surface area contributed by atoms with Crippen LogP contribution in [0.2, 0.25) is 0 Å². The van der Waals surface area contributed by atoms with Crippen molar-refractivity contribution in [3.8, 4) is 5.75 Å². The Morgan fingerprint density at radius 1 is 1.22 bits per heavy atom. The molecule has 0 spiro atoms. The smallest absolute Gasteiger partial charge is 0.246 e. The van der Waals surface area contributed by atoms with Crippen LogP contribution in [0.4, 0.5) is 17.1 Å². The molecule has 0 atom stereocenters. The highest BCUT2D eigenvalue weighted by atomic mass is 16.5. The van der Waals surface area contributed by atoms with Crippen molar-refractivity contribution in [2.75, 3.05) is 35.7 Å². The molecule has 0 saturated carbocycles. The summed E-state index contributed by atoms with van der Waals surface area (Å²) in [5, 5.41) is 5.82. The van der Waals surface area contributed by atoms with Gasteiger partial charge in [-0.05, 0) is 24.3 Å². The van der Waals surface area contributed by atoms with Crippen LogP contribution in [0.1, 0.15) is 0 Å². The van der Waals surface area contributed by atoms with Crippen molar-refractivity contribution in [3.63, 3.8) is 0 Å². The molecule has 0 unspecified atom stereocenters. The van der Waals surface area contributed by atoms with Crippen molar-refractivity contribution >= 4 is 28.9 Å². The van der Waals surface area contributed by atoms with E-state index < -0.39 is 0 Å². The second-order valence-corrected chi connectivity index (χ2v) is 5.10. The van der Waals surface area contributed by atoms with Crippen LogP contribution in [0, 0.1) is 0 Å². The van der Waals surface area contributed by atoms with E-state index in [1.807, 2.05) is 42.5 Å². The second-order valence-electron chi connectivity index (χ2n) is 5.10. The normalized spacial score (nSPS) is 13.1. The van der Waals surface area contributed by atoms with Gasteiger partial charge in [0.25, 0.3) is 0 Å². The molecule has 0 aromatic heterocycles. The van der Waals surface area contributed by atoms with Gasteiger partial charge in [0.05, 0.1) is 30.7 Å². The third-order valence-electron chi connectivity index (χ3n) is 3.61. The molecule has 2 N–H and O–H groups in total. The summed E-state index contributed by atoms with van der Waals surface area (Å²) in [7, 11) is 1.58. The Balaban J connectivity index is 1.75. The highest BCUT2D eigenvalue weighted by Gasteiger charge is 2.26. The molecule has 23 heavy (non-hydrogen) atoms. The maximum atomic E-state index is 12.5. The molecule has 1 aliphatic rings. The number of nitrogens with zero attached hydrogens (tertiary/aromatic N) is 1. The van der Waals surface area contributed by atoms with Gasteiger partial charge in [-0.15, -0.1) is 0 Å². The SMILES string of the molecule is COc1ccccc1NCC(=O)N1CC(=O)Nc2ccccc21. The highest BCUT2D eigenvalue weighted by molar-refractivity contribution is 6.10. The van der Waals surface area contributed by atoms with Crippen molar-refractivity contribution in [2.24, 2.45) is 0 Å². The number of para-hydroxylation sites is 4. The molecular formula is C17H17N3O3. The minimum atomic E-state index is -0.200. The minimum Gasteiger partial charge on any atom is -0.495 e. The lowest BCUT2D eigenvalue weighted by atomic mass is 10.2. The standard InChI is InChI=1S/C17H17N3O3/c1-23-15-9-5-3-7-13(15)18-10-17(22)20-11-16(21)19-12-6-2-4-8-14(12)20/h2-9,18H,10-11H2,1H3,(H,19,21). The van der Waals surface area contributed by atoms with Gasteiger partial charge in [-0.25, -0.2) is 0 Å². The number of carbonyl (C=O) groups excluding carboxylic acids is 2. The van der Waals surface area contributed by atoms with Crippen molar-refractivity contribution in [2.45, 2.75) is 0 Å². The maximum absolute atomic E-state index is 12.5. The number of carbonyl (C=O) groups is 2. The topological polar surface area (TPSA) is 70.7 Å². The second kappa shape index (κ2) is 6.39. The van der Waals surface area contributed by atoms with E-state index in [0.717, 1.165) is 5.69 Å². The zero-order valence-electron chi connectivity index (χ0n) is 12.7. The summed E-state index contributed by atoms with van der Waals surface area (Å²) >= 11 is 0. The number of ether oxygens (including phenoxy) is 1. The lowest BCUT2D eigenvalue weighted by Gasteiger charge is -2.29. The number of amides is 2. The van der Waals surface area contributed by atoms with Gasteiger partial charge < -0.3 is 15.4 Å². The van der Waals surface area contributed by atoms with E-state index in [2.05, 4.69) is 10.6 Å². The number of nitrogens with one attached hydrogen (secondary N) is 2. The molecule has 3 rings (SSSR count). The van der Waals surface area contributed by atoms with Gasteiger partial charge in [0, 0.05) is 0 Å². The predicted octanol–water partition coefficient (Wildman–Crippen LogP) is 2.09. The van der Waals surface area contributed by atoms with Gasteiger partial charge in [-0.1, -0.05) is 24.3 Å². The number of hydrogen-bond acceptors (Lipinski definition) is 4. The lowest BCUT2D eigenvalue weighted by Crippen LogP contribution is -2.44. The molecule has 6 heteroatoms. The molecule has 6 nitrogen and oxygen atoms in total. The number of methoxy groups -OCH3 is 1. The third kappa shape index (κ3) is 3.11. The molecule has 0 radical (unpaired) electrons. The molecule has 1 heterocycles. The first-order valence-electron chi connectivity index (χ1n) is 7.25. The molecule has 0 fully saturated rings. The summed E-state index contributed by atoms with van der Waals surface area (Å²) < 4.78 is 5.24. The number of hydrogen-bond donors (Lipinski definition) is 2. The summed E-state index contributed by atoms with van der Waals surface area (Å²) in [5.74, 6) is 0.282. The quantitative estimate of drug-likeness (QED) is 0.907. The molecule has 0 aliphatic carbocycles. The molecule has 2 amide bonds. The molecular weight excluding hydrogens is 294 g/mol. The fourth-order valence-electron chi connectivity index (χ4n) is 2.51. The molecule has 2 aromatic rings. The van der Waals surface area contributed by atoms with Crippen LogP contribution < -0.4 is 20.3 Å². The molecule has 1 aliphatic heterocycles. The van der Waals surface area contributed by atoms with Gasteiger partial charge in [0.2, 0.25) is 11.8 Å². The van der Waals surface area contributed by atoms with Crippen molar-refractivity contribution in [3.05, 3.63) is 48.5 Å². The van der Waals surface area contributed by atoms with Crippen LogP contribution in [0.25, 0.3) is 0 Å². The van der Waals surface area contributed by atoms with E-state index in [1.165, 1.54) is 4.90 Å². The van der Waals surface area contributed by atoms with E-state index >= 15 is 0 Å². The van der Waals surface area contributed by atoms with Crippen molar-refractivity contribution in [1.82, 2.24) is 0 Å². The Hall–Kier alpha value is -3.02. The van der Waals surface area contributed by atoms with Gasteiger partial charge in [-0.2, -0.15) is 0 Å². The van der Waals surface area contributed by atoms with Gasteiger partial charge in [-0.3, -0.25) is 14.5 Å². The summed E-state index contributed by atoms with van der Waals surface area (Å²) in [6.07, 6.45) is 0. The molecule has 0 bridgehead atoms. The first-order valence-corrected chi connectivity index (χ1v) is 7.25. The van der Waals surface area contributed by atoms with Gasteiger partial charge in [0.1, 0.15) is 12.3 Å². The summed E-state index contributed by atoms with van der Waals surface area (Å²) in [6, 6.07) is 14.6. The van der Waals surface area contributed by atoms with E-state index in [4.69, 9.17) is 4.74 Å². The largest absolute Gasteiger partial charge is 0.495 e. The zero-order valence-corrected chi connectivity index (χ0v) is 12.7. The lowest BCUT2D eigenvalue weighted by molar-refractivity contribution is -0.120. The van der Waals surface area contributed by atoms with Crippen LogP contribution in [0.15, 0.2) is 48.5 Å². The Kier molecular flexibility index (Phi) is 4.14. The van der Waals surface area contributed by atoms with E-state index in [-0.39, 0.29) is 24.9 Å². The first kappa shape index (κ1) is 14.9. The van der Waals surface area contributed by atoms with Gasteiger partial charge in [0.15, 0.2) is 0 Å². The average molecular weight is 311 g/mol. The van der Waals surface area contributed by atoms with Crippen molar-refractivity contribution in [1.29, 1.82) is 0 Å². The Bertz CT molecular complexity index is 745. The van der Waals surface area contributed by atoms with Gasteiger partial charge >= 0.3 is 0 Å². The fourth-order valence-corrected chi connectivity index (χ4v) is 2.51. The van der Waals surface area contributed by atoms with E-state index in [0.29, 0.717) is 17.1 Å². The number of benzene rings is 2. The summed E-state index contributed by atoms with van der Waals surface area (Å²) in [4.78, 5) is 25.8. The summed E-state index contributed by atoms with van der Waals surface area (Å²) in [5.41, 5.74) is 2.09. The minimum absolute atomic E-state index is 0.0173. The number of fused-ring (bicyclic) bond motifs is 1. The summed E-state index contributed by atoms with van der Waals surface area (Å²) in [6.45, 7) is 0.0887. The van der Waals surface area contributed by atoms with Crippen LogP contribution in [-0.2, 0) is 9.59 Å². The Morgan fingerprint density at radius 3 is 2.78 bits per heavy atom. The fraction of sp³-hybridized carbons (Fsp3) is 0.176. The Labute approximate surface area is 134 Å². The maximum Gasteiger partial charge on any atom is 0.246 e. The van der Waals surface area contributed by atoms with E-state index in [1.54, 1.807) is 13.2 Å². The molecule has 2 aromatic carbocycles. The van der Waals surface area contributed by atoms with Crippen molar-refractivity contribution < 1.29 is 14.3 Å². The molecule has 0 saturated heterocycles. The number of rotatable bonds is 4. The average Bonchev–Trinajstić information content (AvgIpc) is 2.59. The van der Waals surface area contributed by atoms with Crippen LogP contribution in [0.5, 0.6) is 5.75 Å². The van der Waals surface area contributed by atoms with Crippen LogP contribution >= 0.6 is 0 Å². The zero-order chi connectivity index (χ0) is 16.2. The van der Waals surface area contributed by atoms with Crippen LogP contribution in [-0.4, -0.2) is 32.0 Å².